The Morgan fingerprint density at radius 1 is 1.45 bits per heavy atom. The molecular formula is C15H26N4O. The smallest absolute Gasteiger partial charge is 0.138 e. The van der Waals surface area contributed by atoms with Crippen molar-refractivity contribution < 1.29 is 5.11 Å². The standard InChI is InChI=1S/C15H26N4O/c1-11(2)8-19-14(16-10-17-19)7-15(20)6-12(3)18(9-15)13-4-5-13/h10-13,20H,4-9H2,1-3H3. The van der Waals surface area contributed by atoms with Gasteiger partial charge in [0.2, 0.25) is 0 Å². The van der Waals surface area contributed by atoms with E-state index in [2.05, 4.69) is 35.8 Å². The van der Waals surface area contributed by atoms with E-state index in [1.165, 1.54) is 12.8 Å². The lowest BCUT2D eigenvalue weighted by Crippen LogP contribution is -2.37. The Bertz CT molecular complexity index is 468. The van der Waals surface area contributed by atoms with E-state index in [9.17, 15) is 5.11 Å². The molecule has 0 radical (unpaired) electrons. The van der Waals surface area contributed by atoms with Crippen LogP contribution in [-0.4, -0.2) is 49.0 Å². The van der Waals surface area contributed by atoms with Gasteiger partial charge in [-0.15, -0.1) is 0 Å². The molecule has 5 nitrogen and oxygen atoms in total. The first-order valence-corrected chi connectivity index (χ1v) is 7.82. The zero-order chi connectivity index (χ0) is 14.3. The van der Waals surface area contributed by atoms with Gasteiger partial charge in [0, 0.05) is 31.6 Å². The fourth-order valence-corrected chi connectivity index (χ4v) is 3.47. The number of rotatable bonds is 5. The summed E-state index contributed by atoms with van der Waals surface area (Å²) in [5, 5.41) is 15.2. The second-order valence-corrected chi connectivity index (χ2v) is 7.11. The summed E-state index contributed by atoms with van der Waals surface area (Å²) in [5.74, 6) is 1.46. The molecule has 2 heterocycles. The van der Waals surface area contributed by atoms with Crippen LogP contribution in [0.3, 0.4) is 0 Å². The normalized spacial score (nSPS) is 31.4. The van der Waals surface area contributed by atoms with Gasteiger partial charge in [0.1, 0.15) is 12.2 Å². The molecular weight excluding hydrogens is 252 g/mol. The van der Waals surface area contributed by atoms with Crippen molar-refractivity contribution in [3.8, 4) is 0 Å². The fourth-order valence-electron chi connectivity index (χ4n) is 3.47. The van der Waals surface area contributed by atoms with Crippen molar-refractivity contribution in [3.63, 3.8) is 0 Å². The summed E-state index contributed by atoms with van der Waals surface area (Å²) in [7, 11) is 0. The molecule has 0 bridgehead atoms. The molecule has 1 saturated carbocycles. The molecule has 3 rings (SSSR count). The first-order valence-electron chi connectivity index (χ1n) is 7.82. The summed E-state index contributed by atoms with van der Waals surface area (Å²) >= 11 is 0. The number of hydrogen-bond acceptors (Lipinski definition) is 4. The molecule has 2 aliphatic rings. The van der Waals surface area contributed by atoms with Crippen molar-refractivity contribution in [2.24, 2.45) is 5.92 Å². The third-order valence-electron chi connectivity index (χ3n) is 4.46. The van der Waals surface area contributed by atoms with Gasteiger partial charge in [0.05, 0.1) is 5.60 Å². The molecule has 1 aromatic rings. The van der Waals surface area contributed by atoms with Crippen LogP contribution < -0.4 is 0 Å². The Hall–Kier alpha value is -0.940. The maximum Gasteiger partial charge on any atom is 0.138 e. The molecule has 1 N–H and O–H groups in total. The summed E-state index contributed by atoms with van der Waals surface area (Å²) in [6, 6.07) is 1.20. The van der Waals surface area contributed by atoms with Crippen molar-refractivity contribution in [1.29, 1.82) is 0 Å². The first kappa shape index (κ1) is 14.0. The molecule has 1 aliphatic carbocycles. The first-order chi connectivity index (χ1) is 9.47. The monoisotopic (exact) mass is 278 g/mol. The zero-order valence-corrected chi connectivity index (χ0v) is 12.8. The van der Waals surface area contributed by atoms with Crippen LogP contribution in [0.4, 0.5) is 0 Å². The molecule has 2 fully saturated rings. The van der Waals surface area contributed by atoms with Crippen LogP contribution in [-0.2, 0) is 13.0 Å². The molecule has 2 atom stereocenters. The number of likely N-dealkylation sites (tertiary alicyclic amines) is 1. The van der Waals surface area contributed by atoms with Crippen molar-refractivity contribution in [3.05, 3.63) is 12.2 Å². The van der Waals surface area contributed by atoms with Gasteiger partial charge in [-0.05, 0) is 32.1 Å². The van der Waals surface area contributed by atoms with E-state index >= 15 is 0 Å². The lowest BCUT2D eigenvalue weighted by molar-refractivity contribution is 0.0455. The Morgan fingerprint density at radius 2 is 2.20 bits per heavy atom. The molecule has 20 heavy (non-hydrogen) atoms. The van der Waals surface area contributed by atoms with Gasteiger partial charge in [-0.25, -0.2) is 9.67 Å². The number of aliphatic hydroxyl groups is 1. The third kappa shape index (κ3) is 2.88. The Labute approximate surface area is 121 Å². The van der Waals surface area contributed by atoms with Gasteiger partial charge in [-0.1, -0.05) is 13.8 Å². The molecule has 5 heteroatoms. The van der Waals surface area contributed by atoms with Gasteiger partial charge < -0.3 is 5.11 Å². The van der Waals surface area contributed by atoms with Crippen LogP contribution in [0.2, 0.25) is 0 Å². The largest absolute Gasteiger partial charge is 0.388 e. The van der Waals surface area contributed by atoms with E-state index in [1.54, 1.807) is 6.33 Å². The van der Waals surface area contributed by atoms with Gasteiger partial charge in [0.15, 0.2) is 0 Å². The highest BCUT2D eigenvalue weighted by Crippen LogP contribution is 2.38. The summed E-state index contributed by atoms with van der Waals surface area (Å²) in [6.07, 6.45) is 5.66. The van der Waals surface area contributed by atoms with Crippen molar-refractivity contribution in [2.75, 3.05) is 6.54 Å². The highest BCUT2D eigenvalue weighted by atomic mass is 16.3. The van der Waals surface area contributed by atoms with Gasteiger partial charge in [-0.2, -0.15) is 5.10 Å². The molecule has 0 aromatic carbocycles. The third-order valence-corrected chi connectivity index (χ3v) is 4.46. The SMILES string of the molecule is CC(C)Cn1ncnc1CC1(O)CC(C)N(C2CC2)C1. The summed E-state index contributed by atoms with van der Waals surface area (Å²) in [6.45, 7) is 8.23. The molecule has 112 valence electrons. The molecule has 2 unspecified atom stereocenters. The fraction of sp³-hybridized carbons (Fsp3) is 0.867. The van der Waals surface area contributed by atoms with Gasteiger partial charge >= 0.3 is 0 Å². The molecule has 0 spiro atoms. The molecule has 1 saturated heterocycles. The van der Waals surface area contributed by atoms with Crippen LogP contribution in [0.25, 0.3) is 0 Å². The van der Waals surface area contributed by atoms with E-state index < -0.39 is 5.60 Å². The predicted octanol–water partition coefficient (Wildman–Crippen LogP) is 1.46. The van der Waals surface area contributed by atoms with E-state index in [-0.39, 0.29) is 0 Å². The van der Waals surface area contributed by atoms with Crippen molar-refractivity contribution in [1.82, 2.24) is 19.7 Å². The topological polar surface area (TPSA) is 54.2 Å². The van der Waals surface area contributed by atoms with Gasteiger partial charge in [0.25, 0.3) is 0 Å². The lowest BCUT2D eigenvalue weighted by atomic mass is 9.96. The zero-order valence-electron chi connectivity index (χ0n) is 12.8. The van der Waals surface area contributed by atoms with Crippen LogP contribution in [0.15, 0.2) is 6.33 Å². The van der Waals surface area contributed by atoms with Crippen LogP contribution in [0, 0.1) is 5.92 Å². The van der Waals surface area contributed by atoms with Crippen molar-refractivity contribution in [2.45, 2.75) is 70.7 Å². The molecule has 1 aliphatic heterocycles. The quantitative estimate of drug-likeness (QED) is 0.886. The Balaban J connectivity index is 1.69. The highest BCUT2D eigenvalue weighted by molar-refractivity contribution is 5.05. The predicted molar refractivity (Wildman–Crippen MR) is 77.3 cm³/mol. The van der Waals surface area contributed by atoms with Crippen molar-refractivity contribution >= 4 is 0 Å². The second-order valence-electron chi connectivity index (χ2n) is 7.11. The van der Waals surface area contributed by atoms with Crippen LogP contribution >= 0.6 is 0 Å². The molecule has 1 aromatic heterocycles. The number of nitrogens with zero attached hydrogens (tertiary/aromatic N) is 4. The van der Waals surface area contributed by atoms with Crippen LogP contribution in [0.5, 0.6) is 0 Å². The Kier molecular flexibility index (Phi) is 3.58. The van der Waals surface area contributed by atoms with E-state index in [0.717, 1.165) is 25.3 Å². The highest BCUT2D eigenvalue weighted by Gasteiger charge is 2.46. The summed E-state index contributed by atoms with van der Waals surface area (Å²) < 4.78 is 1.95. The molecule has 0 amide bonds. The number of hydrogen-bond donors (Lipinski definition) is 1. The van der Waals surface area contributed by atoms with E-state index in [0.29, 0.717) is 24.4 Å². The lowest BCUT2D eigenvalue weighted by Gasteiger charge is -2.23. The minimum Gasteiger partial charge on any atom is -0.388 e. The minimum atomic E-state index is -0.635. The summed E-state index contributed by atoms with van der Waals surface area (Å²) in [4.78, 5) is 6.84. The summed E-state index contributed by atoms with van der Waals surface area (Å²) in [5.41, 5.74) is -0.635. The van der Waals surface area contributed by atoms with Gasteiger partial charge in [-0.3, -0.25) is 4.90 Å². The van der Waals surface area contributed by atoms with Crippen LogP contribution in [0.1, 0.15) is 45.9 Å². The number of aromatic nitrogens is 3. The van der Waals surface area contributed by atoms with E-state index in [1.807, 2.05) is 4.68 Å². The average Bonchev–Trinajstić information content (AvgIpc) is 3.04. The minimum absolute atomic E-state index is 0.481. The maximum absolute atomic E-state index is 10.9. The second kappa shape index (κ2) is 5.11. The Morgan fingerprint density at radius 3 is 2.85 bits per heavy atom. The average molecular weight is 278 g/mol. The maximum atomic E-state index is 10.9. The van der Waals surface area contributed by atoms with E-state index in [4.69, 9.17) is 0 Å². The number of β-amino-alcohol motifs (C(OH)–C–C–N with tert-alkyl or cyclic N) is 1.